The van der Waals surface area contributed by atoms with E-state index in [-0.39, 0.29) is 5.56 Å². The van der Waals surface area contributed by atoms with Gasteiger partial charge < -0.3 is 10.5 Å². The molecule has 0 aliphatic rings. The number of benzene rings is 1. The molecule has 0 aliphatic carbocycles. The molecule has 0 unspecified atom stereocenters. The molecule has 1 aromatic carbocycles. The van der Waals surface area contributed by atoms with Crippen LogP contribution in [0.25, 0.3) is 0 Å². The van der Waals surface area contributed by atoms with Gasteiger partial charge in [0, 0.05) is 0 Å². The van der Waals surface area contributed by atoms with Crippen LogP contribution in [0.3, 0.4) is 0 Å². The molecular weight excluding hydrogens is 281 g/mol. The molecule has 114 valence electrons. The van der Waals surface area contributed by atoms with Gasteiger partial charge in [0.15, 0.2) is 0 Å². The van der Waals surface area contributed by atoms with Crippen LogP contribution in [0.2, 0.25) is 0 Å². The van der Waals surface area contributed by atoms with Crippen molar-refractivity contribution < 1.29 is 26.7 Å². The summed E-state index contributed by atoms with van der Waals surface area (Å²) in [6, 6.07) is 2.38. The minimum Gasteiger partial charge on any atom is -0.488 e. The molecule has 0 saturated heterocycles. The topological polar surface area (TPSA) is 35.2 Å². The molecule has 0 amide bonds. The van der Waals surface area contributed by atoms with E-state index in [0.717, 1.165) is 12.1 Å². The Hall–Kier alpha value is -1.37. The lowest BCUT2D eigenvalue weighted by atomic mass is 10.0. The Labute approximate surface area is 113 Å². The van der Waals surface area contributed by atoms with E-state index in [2.05, 4.69) is 0 Å². The Morgan fingerprint density at radius 3 is 1.75 bits per heavy atom. The van der Waals surface area contributed by atoms with Gasteiger partial charge in [0.25, 0.3) is 0 Å². The second kappa shape index (κ2) is 5.20. The molecule has 0 aromatic heterocycles. The zero-order chi connectivity index (χ0) is 15.8. The van der Waals surface area contributed by atoms with Crippen LogP contribution in [0, 0.1) is 0 Å². The smallest absolute Gasteiger partial charge is 0.455 e. The van der Waals surface area contributed by atoms with Gasteiger partial charge in [-0.2, -0.15) is 22.0 Å². The third-order valence-electron chi connectivity index (χ3n) is 2.43. The standard InChI is InChI=1S/C13H16F5NO/c1-11(2,3)20-9-6-4-8(5-7-9)10(19)12(14,15)13(16,17)18/h4-7,10H,19H2,1-3H3/t10-/m0/s1. The number of ether oxygens (including phenoxy) is 1. The predicted molar refractivity (Wildman–Crippen MR) is 64.8 cm³/mol. The molecule has 1 rings (SSSR count). The second-order valence-electron chi connectivity index (χ2n) is 5.38. The van der Waals surface area contributed by atoms with Crippen molar-refractivity contribution in [2.45, 2.75) is 44.5 Å². The molecule has 1 atom stereocenters. The molecule has 0 fully saturated rings. The van der Waals surface area contributed by atoms with Crippen LogP contribution >= 0.6 is 0 Å². The van der Waals surface area contributed by atoms with Gasteiger partial charge in [-0.15, -0.1) is 0 Å². The normalized spacial score (nSPS) is 15.1. The monoisotopic (exact) mass is 297 g/mol. The zero-order valence-electron chi connectivity index (χ0n) is 11.3. The largest absolute Gasteiger partial charge is 0.488 e. The lowest BCUT2D eigenvalue weighted by Gasteiger charge is -2.26. The number of halogens is 5. The molecule has 0 saturated carbocycles. The Morgan fingerprint density at radius 1 is 0.950 bits per heavy atom. The SMILES string of the molecule is CC(C)(C)Oc1ccc([C@H](N)C(F)(F)C(F)(F)F)cc1. The van der Waals surface area contributed by atoms with Crippen molar-refractivity contribution in [1.82, 2.24) is 0 Å². The number of hydrogen-bond donors (Lipinski definition) is 1. The van der Waals surface area contributed by atoms with Gasteiger partial charge in [0.05, 0.1) is 0 Å². The lowest BCUT2D eigenvalue weighted by Crippen LogP contribution is -2.45. The summed E-state index contributed by atoms with van der Waals surface area (Å²) < 4.78 is 68.3. The van der Waals surface area contributed by atoms with Gasteiger partial charge in [0.2, 0.25) is 0 Å². The van der Waals surface area contributed by atoms with E-state index in [4.69, 9.17) is 10.5 Å². The number of rotatable bonds is 3. The third-order valence-corrected chi connectivity index (χ3v) is 2.43. The van der Waals surface area contributed by atoms with Gasteiger partial charge >= 0.3 is 12.1 Å². The maximum absolute atomic E-state index is 13.1. The molecule has 0 bridgehead atoms. The van der Waals surface area contributed by atoms with Crippen LogP contribution in [-0.2, 0) is 0 Å². The van der Waals surface area contributed by atoms with Gasteiger partial charge in [-0.05, 0) is 38.5 Å². The first-order chi connectivity index (χ1) is 8.84. The fourth-order valence-corrected chi connectivity index (χ4v) is 1.48. The van der Waals surface area contributed by atoms with Crippen molar-refractivity contribution >= 4 is 0 Å². The minimum absolute atomic E-state index is 0.311. The summed E-state index contributed by atoms with van der Waals surface area (Å²) in [7, 11) is 0. The Morgan fingerprint density at radius 2 is 1.40 bits per heavy atom. The van der Waals surface area contributed by atoms with Crippen molar-refractivity contribution in [2.75, 3.05) is 0 Å². The summed E-state index contributed by atoms with van der Waals surface area (Å²) in [6.07, 6.45) is -5.69. The first-order valence-electron chi connectivity index (χ1n) is 5.84. The third kappa shape index (κ3) is 3.82. The first kappa shape index (κ1) is 16.7. The average molecular weight is 297 g/mol. The highest BCUT2D eigenvalue weighted by Gasteiger charge is 2.61. The van der Waals surface area contributed by atoms with Gasteiger partial charge in [-0.25, -0.2) is 0 Å². The van der Waals surface area contributed by atoms with Gasteiger partial charge in [-0.3, -0.25) is 0 Å². The van der Waals surface area contributed by atoms with E-state index in [1.807, 2.05) is 0 Å². The van der Waals surface area contributed by atoms with Crippen LogP contribution in [0.1, 0.15) is 32.4 Å². The maximum Gasteiger partial charge on any atom is 0.455 e. The maximum atomic E-state index is 13.1. The Kier molecular flexibility index (Phi) is 4.34. The fourth-order valence-electron chi connectivity index (χ4n) is 1.48. The lowest BCUT2D eigenvalue weighted by molar-refractivity contribution is -0.291. The van der Waals surface area contributed by atoms with E-state index in [1.54, 1.807) is 20.8 Å². The average Bonchev–Trinajstić information content (AvgIpc) is 2.25. The Balaban J connectivity index is 2.94. The number of alkyl halides is 5. The Bertz CT molecular complexity index is 447. The van der Waals surface area contributed by atoms with Crippen LogP contribution in [0.15, 0.2) is 24.3 Å². The summed E-state index contributed by atoms with van der Waals surface area (Å²) in [5, 5.41) is 0. The van der Waals surface area contributed by atoms with Crippen LogP contribution in [0.5, 0.6) is 5.75 Å². The van der Waals surface area contributed by atoms with E-state index in [1.165, 1.54) is 12.1 Å². The van der Waals surface area contributed by atoms with Crippen LogP contribution in [-0.4, -0.2) is 17.7 Å². The van der Waals surface area contributed by atoms with Gasteiger partial charge in [-0.1, -0.05) is 12.1 Å². The number of hydrogen-bond acceptors (Lipinski definition) is 2. The number of nitrogens with two attached hydrogens (primary N) is 1. The van der Waals surface area contributed by atoms with E-state index in [9.17, 15) is 22.0 Å². The second-order valence-corrected chi connectivity index (χ2v) is 5.38. The van der Waals surface area contributed by atoms with Crippen molar-refractivity contribution in [3.8, 4) is 5.75 Å². The van der Waals surface area contributed by atoms with E-state index < -0.39 is 23.7 Å². The minimum atomic E-state index is -5.69. The molecule has 7 heteroatoms. The zero-order valence-corrected chi connectivity index (χ0v) is 11.3. The summed E-state index contributed by atoms with van der Waals surface area (Å²) >= 11 is 0. The van der Waals surface area contributed by atoms with E-state index >= 15 is 0 Å². The fraction of sp³-hybridized carbons (Fsp3) is 0.538. The van der Waals surface area contributed by atoms with Crippen molar-refractivity contribution in [3.63, 3.8) is 0 Å². The molecule has 0 aliphatic heterocycles. The molecule has 0 radical (unpaired) electrons. The highest BCUT2D eigenvalue weighted by atomic mass is 19.4. The molecule has 1 aromatic rings. The molecule has 0 spiro atoms. The molecule has 0 heterocycles. The highest BCUT2D eigenvalue weighted by molar-refractivity contribution is 5.30. The molecule has 2 N–H and O–H groups in total. The summed E-state index contributed by atoms with van der Waals surface area (Å²) in [5.74, 6) is -4.62. The molecule has 2 nitrogen and oxygen atoms in total. The van der Waals surface area contributed by atoms with E-state index in [0.29, 0.717) is 5.75 Å². The summed E-state index contributed by atoms with van der Waals surface area (Å²) in [5.41, 5.74) is 4.21. The quantitative estimate of drug-likeness (QED) is 0.854. The van der Waals surface area contributed by atoms with Crippen molar-refractivity contribution in [3.05, 3.63) is 29.8 Å². The highest BCUT2D eigenvalue weighted by Crippen LogP contribution is 2.43. The van der Waals surface area contributed by atoms with Crippen molar-refractivity contribution in [2.24, 2.45) is 5.73 Å². The molecular formula is C13H16F5NO. The summed E-state index contributed by atoms with van der Waals surface area (Å²) in [6.45, 7) is 5.35. The first-order valence-corrected chi connectivity index (χ1v) is 5.84. The summed E-state index contributed by atoms with van der Waals surface area (Å²) in [4.78, 5) is 0. The van der Waals surface area contributed by atoms with Crippen LogP contribution in [0.4, 0.5) is 22.0 Å². The van der Waals surface area contributed by atoms with Gasteiger partial charge in [0.1, 0.15) is 17.4 Å². The van der Waals surface area contributed by atoms with Crippen molar-refractivity contribution in [1.29, 1.82) is 0 Å². The van der Waals surface area contributed by atoms with Crippen LogP contribution < -0.4 is 10.5 Å². The predicted octanol–water partition coefficient (Wildman–Crippen LogP) is 4.06. The molecule has 20 heavy (non-hydrogen) atoms.